The van der Waals surface area contributed by atoms with Gasteiger partial charge >= 0.3 is 12.1 Å². The number of halogens is 3. The molecule has 2 fully saturated rings. The quantitative estimate of drug-likeness (QED) is 0.220. The van der Waals surface area contributed by atoms with Crippen LogP contribution in [0.1, 0.15) is 56.5 Å². The van der Waals surface area contributed by atoms with Crippen LogP contribution in [-0.2, 0) is 38.4 Å². The number of hydrazine groups is 1. The number of hydrogen-bond donors (Lipinski definition) is 3. The number of hydrogen-bond acceptors (Lipinski definition) is 10. The zero-order valence-corrected chi connectivity index (χ0v) is 33.2. The van der Waals surface area contributed by atoms with Crippen molar-refractivity contribution in [2.45, 2.75) is 77.4 Å². The molecule has 2 saturated heterocycles. The number of benzene rings is 2. The van der Waals surface area contributed by atoms with E-state index in [1.54, 1.807) is 37.6 Å². The fourth-order valence-corrected chi connectivity index (χ4v) is 8.27. The van der Waals surface area contributed by atoms with Crippen LogP contribution in [0.15, 0.2) is 48.7 Å². The number of phenols is 1. The topological polar surface area (TPSA) is 138 Å². The van der Waals surface area contributed by atoms with Gasteiger partial charge in [0, 0.05) is 61.7 Å². The number of fused-ring (bicyclic) bond motifs is 6. The molecule has 3 aliphatic rings. The summed E-state index contributed by atoms with van der Waals surface area (Å²) in [6.45, 7) is 7.84. The van der Waals surface area contributed by atoms with Crippen molar-refractivity contribution in [2.75, 3.05) is 58.4 Å². The number of likely N-dealkylation sites (N-methyl/N-ethyl adjacent to an activating group) is 1. The second-order valence-corrected chi connectivity index (χ2v) is 16.5. The Labute approximate surface area is 330 Å². The van der Waals surface area contributed by atoms with Crippen molar-refractivity contribution in [3.63, 3.8) is 0 Å². The number of aromatic hydroxyl groups is 1. The lowest BCUT2D eigenvalue weighted by Crippen LogP contribution is -2.59. The molecule has 4 aromatic rings. The lowest BCUT2D eigenvalue weighted by molar-refractivity contribution is -0.155. The standard InChI is InChI=1S/C42H52F3N7O5/c1-25(56-5)37-32(20-29(22-47-37)50-13-11-49(4)12-14-50)38-33-21-41(2,3)24-57-40(55)35-7-6-10-52(48-35)39(54)34(46)17-26-15-28(18-30(53)16-26)27-8-9-36(31(33)19-27)51(38)23-42(43,44)45/h8-9,15-16,18-20,22,25,34-35,48,53H,6-7,10-14,17,21,23-24,46H2,1-5H3/t25-,34-,35-/m0/s1. The summed E-state index contributed by atoms with van der Waals surface area (Å²) in [6, 6.07) is 10.4. The number of pyridine rings is 1. The Balaban J connectivity index is 1.48. The highest BCUT2D eigenvalue weighted by Gasteiger charge is 2.37. The first-order valence-electron chi connectivity index (χ1n) is 19.5. The number of cyclic esters (lactones) is 1. The molecule has 0 radical (unpaired) electrons. The van der Waals surface area contributed by atoms with Gasteiger partial charge in [0.15, 0.2) is 0 Å². The minimum atomic E-state index is -4.58. The third-order valence-corrected chi connectivity index (χ3v) is 11.4. The second-order valence-electron chi connectivity index (χ2n) is 16.5. The number of carbonyl (C=O) groups is 2. The maximum absolute atomic E-state index is 14.8. The summed E-state index contributed by atoms with van der Waals surface area (Å²) >= 11 is 0. The van der Waals surface area contributed by atoms with Gasteiger partial charge in [-0.05, 0) is 92.2 Å². The van der Waals surface area contributed by atoms with Crippen LogP contribution in [0.25, 0.3) is 33.3 Å². The number of alkyl halides is 3. The smallest absolute Gasteiger partial charge is 0.406 e. The molecule has 6 bridgehead atoms. The van der Waals surface area contributed by atoms with E-state index in [-0.39, 0.29) is 25.2 Å². The van der Waals surface area contributed by atoms with Gasteiger partial charge in [-0.1, -0.05) is 26.0 Å². The molecule has 15 heteroatoms. The first kappa shape index (κ1) is 40.5. The molecule has 4 N–H and O–H groups in total. The molecule has 0 saturated carbocycles. The molecule has 57 heavy (non-hydrogen) atoms. The maximum Gasteiger partial charge on any atom is 0.406 e. The van der Waals surface area contributed by atoms with Crippen LogP contribution in [0.2, 0.25) is 0 Å². The number of rotatable bonds is 5. The van der Waals surface area contributed by atoms with E-state index >= 15 is 0 Å². The molecule has 7 rings (SSSR count). The molecule has 0 spiro atoms. The monoisotopic (exact) mass is 791 g/mol. The second kappa shape index (κ2) is 15.9. The number of carbonyl (C=O) groups excluding carboxylic acids is 2. The Morgan fingerprint density at radius 2 is 1.82 bits per heavy atom. The average molecular weight is 792 g/mol. The van der Waals surface area contributed by atoms with E-state index in [9.17, 15) is 27.9 Å². The minimum Gasteiger partial charge on any atom is -0.508 e. The first-order valence-corrected chi connectivity index (χ1v) is 19.5. The third kappa shape index (κ3) is 8.76. The van der Waals surface area contributed by atoms with Crippen molar-refractivity contribution in [1.82, 2.24) is 24.9 Å². The van der Waals surface area contributed by atoms with E-state index in [1.807, 2.05) is 39.0 Å². The van der Waals surface area contributed by atoms with Crippen molar-refractivity contribution in [1.29, 1.82) is 0 Å². The number of ether oxygens (including phenoxy) is 2. The number of aromatic nitrogens is 2. The van der Waals surface area contributed by atoms with Crippen LogP contribution in [0.5, 0.6) is 5.75 Å². The van der Waals surface area contributed by atoms with E-state index < -0.39 is 48.2 Å². The van der Waals surface area contributed by atoms with E-state index in [1.165, 1.54) is 9.58 Å². The Kier molecular flexibility index (Phi) is 11.3. The van der Waals surface area contributed by atoms with Gasteiger partial charge in [-0.3, -0.25) is 19.6 Å². The molecule has 2 aromatic heterocycles. The Bertz CT molecular complexity index is 2150. The molecular weight excluding hydrogens is 739 g/mol. The fourth-order valence-electron chi connectivity index (χ4n) is 8.27. The summed E-state index contributed by atoms with van der Waals surface area (Å²) < 4.78 is 57.4. The Morgan fingerprint density at radius 1 is 1.07 bits per heavy atom. The molecule has 5 heterocycles. The normalized spacial score (nSPS) is 21.7. The molecule has 0 aliphatic carbocycles. The number of nitrogens with one attached hydrogen (secondary N) is 1. The van der Waals surface area contributed by atoms with Gasteiger partial charge in [-0.25, -0.2) is 5.43 Å². The van der Waals surface area contributed by atoms with Crippen LogP contribution in [0.3, 0.4) is 0 Å². The summed E-state index contributed by atoms with van der Waals surface area (Å²) in [5.74, 6) is -0.968. The molecule has 0 unspecified atom stereocenters. The van der Waals surface area contributed by atoms with Gasteiger partial charge in [0.25, 0.3) is 5.91 Å². The van der Waals surface area contributed by atoms with Crippen molar-refractivity contribution in [3.05, 3.63) is 65.5 Å². The molecule has 12 nitrogen and oxygen atoms in total. The van der Waals surface area contributed by atoms with Crippen molar-refractivity contribution in [2.24, 2.45) is 11.1 Å². The third-order valence-electron chi connectivity index (χ3n) is 11.4. The average Bonchev–Trinajstić information content (AvgIpc) is 3.45. The summed E-state index contributed by atoms with van der Waals surface area (Å²) in [5, 5.41) is 12.9. The summed E-state index contributed by atoms with van der Waals surface area (Å²) in [4.78, 5) is 36.3. The molecule has 1 amide bonds. The number of methoxy groups -OCH3 is 1. The lowest BCUT2D eigenvalue weighted by atomic mass is 9.84. The number of amides is 1. The molecule has 3 aliphatic heterocycles. The minimum absolute atomic E-state index is 0.0423. The van der Waals surface area contributed by atoms with Crippen LogP contribution in [0.4, 0.5) is 18.9 Å². The van der Waals surface area contributed by atoms with Gasteiger partial charge in [0.1, 0.15) is 18.3 Å². The Morgan fingerprint density at radius 3 is 2.54 bits per heavy atom. The van der Waals surface area contributed by atoms with Gasteiger partial charge in [0.05, 0.1) is 42.0 Å². The summed E-state index contributed by atoms with van der Waals surface area (Å²) in [6.07, 6.45) is -2.05. The van der Waals surface area contributed by atoms with E-state index in [0.717, 1.165) is 31.9 Å². The van der Waals surface area contributed by atoms with E-state index in [0.29, 0.717) is 69.5 Å². The maximum atomic E-state index is 14.8. The number of piperazine rings is 1. The summed E-state index contributed by atoms with van der Waals surface area (Å²) in [7, 11) is 3.61. The number of esters is 1. The first-order chi connectivity index (χ1) is 27.0. The van der Waals surface area contributed by atoms with E-state index in [4.69, 9.17) is 20.2 Å². The number of anilines is 1. The predicted molar refractivity (Wildman–Crippen MR) is 211 cm³/mol. The summed E-state index contributed by atoms with van der Waals surface area (Å²) in [5.41, 5.74) is 13.7. The molecular formula is C42H52F3N7O5. The highest BCUT2D eigenvalue weighted by molar-refractivity contribution is 5.96. The largest absolute Gasteiger partial charge is 0.508 e. The van der Waals surface area contributed by atoms with Crippen molar-refractivity contribution >= 4 is 28.5 Å². The highest BCUT2D eigenvalue weighted by atomic mass is 19.4. The fraction of sp³-hybridized carbons (Fsp3) is 0.500. The van der Waals surface area contributed by atoms with Crippen LogP contribution in [0, 0.1) is 5.41 Å². The highest BCUT2D eigenvalue weighted by Crippen LogP contribution is 2.44. The Hall–Kier alpha value is -4.70. The van der Waals surface area contributed by atoms with Crippen molar-refractivity contribution < 1.29 is 37.3 Å². The lowest BCUT2D eigenvalue weighted by Gasteiger charge is -2.35. The number of nitrogens with zero attached hydrogens (tertiary/aromatic N) is 5. The van der Waals surface area contributed by atoms with Crippen LogP contribution >= 0.6 is 0 Å². The predicted octanol–water partition coefficient (Wildman–Crippen LogP) is 5.59. The van der Waals surface area contributed by atoms with E-state index in [2.05, 4.69) is 22.3 Å². The van der Waals surface area contributed by atoms with Crippen molar-refractivity contribution in [3.8, 4) is 28.1 Å². The van der Waals surface area contributed by atoms with Gasteiger partial charge in [-0.15, -0.1) is 0 Å². The van der Waals surface area contributed by atoms with Gasteiger partial charge in [0.2, 0.25) is 0 Å². The molecule has 2 aromatic carbocycles. The number of phenolic OH excluding ortho intramolecular Hbond substituents is 1. The van der Waals surface area contributed by atoms with Gasteiger partial charge < -0.3 is 34.7 Å². The molecule has 3 atom stereocenters. The molecule has 306 valence electrons. The van der Waals surface area contributed by atoms with Gasteiger partial charge in [-0.2, -0.15) is 13.2 Å². The zero-order chi connectivity index (χ0) is 40.8. The number of nitrogens with two attached hydrogens (primary N) is 1. The SMILES string of the molecule is CO[C@@H](C)c1ncc(N2CCN(C)CC2)cc1-c1c2c3cc(ccc3n1CC(F)(F)F)-c1cc(O)cc(c1)C[C@H](N)C(=O)N1CCC[C@H](N1)C(=O)OCC(C)(C)C2. The van der Waals surface area contributed by atoms with Crippen LogP contribution in [-0.4, -0.2) is 108 Å². The zero-order valence-electron chi connectivity index (χ0n) is 33.2. The van der Waals surface area contributed by atoms with Crippen LogP contribution < -0.4 is 16.1 Å².